The van der Waals surface area contributed by atoms with Gasteiger partial charge in [-0.25, -0.2) is 0 Å². The molecule has 1 aromatic carbocycles. The Labute approximate surface area is 208 Å². The molecule has 0 atom stereocenters. The van der Waals surface area contributed by atoms with Gasteiger partial charge < -0.3 is 5.32 Å². The van der Waals surface area contributed by atoms with E-state index in [1.165, 1.54) is 92.3 Å². The van der Waals surface area contributed by atoms with Gasteiger partial charge in [0.2, 0.25) is 0 Å². The summed E-state index contributed by atoms with van der Waals surface area (Å²) in [6, 6.07) is 14.1. The monoisotopic (exact) mass is 511 g/mol. The largest absolute Gasteiger partial charge is 0.377 e. The summed E-state index contributed by atoms with van der Waals surface area (Å²) in [4.78, 5) is 2.78. The summed E-state index contributed by atoms with van der Waals surface area (Å²) in [5, 5.41) is 10.0. The lowest BCUT2D eigenvalue weighted by atomic mass is 10.1. The number of rotatable bonds is 9. The summed E-state index contributed by atoms with van der Waals surface area (Å²) in [5.74, 6) is 0. The van der Waals surface area contributed by atoms with Crippen LogP contribution in [0, 0.1) is 0 Å². The second-order valence-electron chi connectivity index (χ2n) is 8.33. The summed E-state index contributed by atoms with van der Waals surface area (Å²) < 4.78 is 8.59. The smallest absolute Gasteiger partial charge is 0.0889 e. The Balaban J connectivity index is 1.21. The van der Waals surface area contributed by atoms with Gasteiger partial charge in [0, 0.05) is 45.9 Å². The van der Waals surface area contributed by atoms with Gasteiger partial charge >= 0.3 is 0 Å². The van der Waals surface area contributed by atoms with Crippen LogP contribution < -0.4 is 5.32 Å². The number of fused-ring (bicyclic) bond motifs is 6. The normalized spacial score (nSPS) is 12.2. The van der Waals surface area contributed by atoms with E-state index < -0.39 is 0 Å². The zero-order valence-corrected chi connectivity index (χ0v) is 22.1. The summed E-state index contributed by atoms with van der Waals surface area (Å²) in [7, 11) is 0. The first-order chi connectivity index (χ1) is 15.8. The standard InChI is InChI=1S/C26H25NS5/c1-2-3-4-5-6-7-11-27-24-9-8-18(31-24)22-15-23-26(32-22)17-13-16-20(14-21(17)30-23)29-19-10-12-28-25(16)19/h8-10,12-15,27H,2-7,11H2,1H3. The summed E-state index contributed by atoms with van der Waals surface area (Å²) in [6.45, 7) is 3.37. The number of unbranched alkanes of at least 4 members (excludes halogenated alkanes) is 5. The van der Waals surface area contributed by atoms with Crippen molar-refractivity contribution in [2.45, 2.75) is 45.4 Å². The van der Waals surface area contributed by atoms with Crippen LogP contribution in [-0.4, -0.2) is 6.54 Å². The maximum atomic E-state index is 3.64. The van der Waals surface area contributed by atoms with E-state index in [1.807, 2.05) is 56.7 Å². The van der Waals surface area contributed by atoms with Crippen LogP contribution in [0.25, 0.3) is 48.7 Å². The van der Waals surface area contributed by atoms with Crippen molar-refractivity contribution in [1.29, 1.82) is 0 Å². The molecule has 164 valence electrons. The molecule has 1 nitrogen and oxygen atoms in total. The Hall–Kier alpha value is -1.44. The fraction of sp³-hybridized carbons (Fsp3) is 0.308. The molecule has 6 heteroatoms. The van der Waals surface area contributed by atoms with Crippen molar-refractivity contribution in [1.82, 2.24) is 0 Å². The minimum Gasteiger partial charge on any atom is -0.377 e. The number of nitrogens with one attached hydrogen (secondary N) is 1. The molecule has 5 heterocycles. The first kappa shape index (κ1) is 21.1. The third kappa shape index (κ3) is 3.90. The average Bonchev–Trinajstić information content (AvgIpc) is 3.57. The van der Waals surface area contributed by atoms with Gasteiger partial charge in [0.1, 0.15) is 0 Å². The molecule has 1 N–H and O–H groups in total. The summed E-state index contributed by atoms with van der Waals surface area (Å²) in [5.41, 5.74) is 0. The molecular formula is C26H25NS5. The molecule has 0 saturated heterocycles. The van der Waals surface area contributed by atoms with E-state index in [0.29, 0.717) is 0 Å². The third-order valence-corrected chi connectivity index (χ3v) is 11.8. The van der Waals surface area contributed by atoms with Crippen molar-refractivity contribution < 1.29 is 0 Å². The quantitative estimate of drug-likeness (QED) is 0.190. The Morgan fingerprint density at radius 1 is 0.656 bits per heavy atom. The van der Waals surface area contributed by atoms with Crippen molar-refractivity contribution in [3.63, 3.8) is 0 Å². The predicted octanol–water partition coefficient (Wildman–Crippen LogP) is 11.0. The molecule has 0 aliphatic rings. The zero-order valence-electron chi connectivity index (χ0n) is 18.0. The lowest BCUT2D eigenvalue weighted by Gasteiger charge is -2.03. The molecule has 0 aliphatic heterocycles. The van der Waals surface area contributed by atoms with Gasteiger partial charge in [-0.1, -0.05) is 39.0 Å². The summed E-state index contributed by atoms with van der Waals surface area (Å²) in [6.07, 6.45) is 8.08. The average molecular weight is 512 g/mol. The first-order valence-corrected chi connectivity index (χ1v) is 15.5. The Bertz CT molecular complexity index is 1500. The Morgan fingerprint density at radius 2 is 1.47 bits per heavy atom. The molecule has 32 heavy (non-hydrogen) atoms. The van der Waals surface area contributed by atoms with Gasteiger partial charge in [0.05, 0.1) is 14.4 Å². The molecule has 6 rings (SSSR count). The van der Waals surface area contributed by atoms with Gasteiger partial charge in [-0.2, -0.15) is 0 Å². The second-order valence-corrected chi connectivity index (χ2v) is 13.5. The Morgan fingerprint density at radius 3 is 2.38 bits per heavy atom. The van der Waals surface area contributed by atoms with Gasteiger partial charge in [-0.05, 0) is 48.2 Å². The molecule has 6 aromatic rings. The molecule has 0 unspecified atom stereocenters. The minimum atomic E-state index is 1.09. The van der Waals surface area contributed by atoms with Crippen LogP contribution in [0.3, 0.4) is 0 Å². The van der Waals surface area contributed by atoms with Crippen molar-refractivity contribution in [3.05, 3.63) is 41.8 Å². The number of hydrogen-bond donors (Lipinski definition) is 1. The molecule has 0 radical (unpaired) electrons. The van der Waals surface area contributed by atoms with E-state index in [9.17, 15) is 0 Å². The van der Waals surface area contributed by atoms with Crippen molar-refractivity contribution in [2.75, 3.05) is 11.9 Å². The van der Waals surface area contributed by atoms with Gasteiger partial charge in [-0.15, -0.1) is 56.7 Å². The van der Waals surface area contributed by atoms with Crippen LogP contribution in [-0.2, 0) is 0 Å². The highest BCUT2D eigenvalue weighted by molar-refractivity contribution is 7.36. The highest BCUT2D eigenvalue weighted by Gasteiger charge is 2.15. The molecule has 0 aliphatic carbocycles. The van der Waals surface area contributed by atoms with E-state index in [2.05, 4.69) is 54.0 Å². The predicted molar refractivity (Wildman–Crippen MR) is 153 cm³/mol. The third-order valence-electron chi connectivity index (χ3n) is 6.02. The lowest BCUT2D eigenvalue weighted by molar-refractivity contribution is 0.617. The first-order valence-electron chi connectivity index (χ1n) is 11.4. The topological polar surface area (TPSA) is 12.0 Å². The maximum absolute atomic E-state index is 3.64. The number of anilines is 1. The molecule has 0 spiro atoms. The van der Waals surface area contributed by atoms with Crippen LogP contribution in [0.2, 0.25) is 0 Å². The lowest BCUT2D eigenvalue weighted by Crippen LogP contribution is -1.99. The van der Waals surface area contributed by atoms with Crippen LogP contribution in [0.5, 0.6) is 0 Å². The minimum absolute atomic E-state index is 1.09. The van der Waals surface area contributed by atoms with Crippen LogP contribution >= 0.6 is 56.7 Å². The molecule has 0 amide bonds. The SMILES string of the molecule is CCCCCCCCNc1ccc(-c2cc3sc4cc5sc6ccsc6c5cc4c3s2)s1. The number of benzene rings is 1. The van der Waals surface area contributed by atoms with E-state index in [0.717, 1.165) is 6.54 Å². The van der Waals surface area contributed by atoms with E-state index >= 15 is 0 Å². The van der Waals surface area contributed by atoms with E-state index in [1.54, 1.807) is 0 Å². The van der Waals surface area contributed by atoms with Gasteiger partial charge in [0.25, 0.3) is 0 Å². The van der Waals surface area contributed by atoms with Gasteiger partial charge in [-0.3, -0.25) is 0 Å². The number of thiophene rings is 5. The zero-order chi connectivity index (χ0) is 21.5. The molecule has 0 saturated carbocycles. The van der Waals surface area contributed by atoms with E-state index in [-0.39, 0.29) is 0 Å². The summed E-state index contributed by atoms with van der Waals surface area (Å²) >= 11 is 9.60. The van der Waals surface area contributed by atoms with Crippen molar-refractivity contribution >= 4 is 101 Å². The second kappa shape index (κ2) is 9.07. The fourth-order valence-electron chi connectivity index (χ4n) is 4.34. The molecule has 0 bridgehead atoms. The van der Waals surface area contributed by atoms with Crippen LogP contribution in [0.1, 0.15) is 45.4 Å². The highest BCUT2D eigenvalue weighted by atomic mass is 32.1. The van der Waals surface area contributed by atoms with E-state index in [4.69, 9.17) is 0 Å². The highest BCUT2D eigenvalue weighted by Crippen LogP contribution is 2.48. The fourth-order valence-corrected chi connectivity index (χ4v) is 10.2. The molecule has 5 aromatic heterocycles. The maximum Gasteiger partial charge on any atom is 0.0889 e. The Kier molecular flexibility index (Phi) is 5.99. The number of hydrogen-bond acceptors (Lipinski definition) is 6. The molecular weight excluding hydrogens is 487 g/mol. The van der Waals surface area contributed by atoms with Crippen LogP contribution in [0.15, 0.2) is 41.8 Å². The molecule has 0 fully saturated rings. The van der Waals surface area contributed by atoms with Crippen LogP contribution in [0.4, 0.5) is 5.00 Å². The van der Waals surface area contributed by atoms with Gasteiger partial charge in [0.15, 0.2) is 0 Å². The van der Waals surface area contributed by atoms with Crippen molar-refractivity contribution in [3.8, 4) is 9.75 Å². The van der Waals surface area contributed by atoms with Crippen molar-refractivity contribution in [2.24, 2.45) is 0 Å².